The van der Waals surface area contributed by atoms with E-state index >= 15 is 0 Å². The Bertz CT molecular complexity index is 605. The Morgan fingerprint density at radius 2 is 1.30 bits per heavy atom. The van der Waals surface area contributed by atoms with Crippen LogP contribution < -0.4 is 10.6 Å². The second kappa shape index (κ2) is 6.07. The summed E-state index contributed by atoms with van der Waals surface area (Å²) >= 11 is 11.9. The monoisotopic (exact) mass is 310 g/mol. The normalized spacial score (nSPS) is 10.2. The van der Waals surface area contributed by atoms with E-state index < -0.39 is 6.03 Å². The molecule has 0 saturated heterocycles. The highest BCUT2D eigenvalue weighted by Gasteiger charge is 2.09. The summed E-state index contributed by atoms with van der Waals surface area (Å²) < 4.78 is 0. The van der Waals surface area contributed by atoms with Crippen LogP contribution >= 0.6 is 23.2 Å². The number of hydrogen-bond acceptors (Lipinski definition) is 3. The van der Waals surface area contributed by atoms with Crippen molar-refractivity contribution in [1.82, 2.24) is 9.97 Å². The highest BCUT2D eigenvalue weighted by molar-refractivity contribution is 6.33. The number of hydrogen-bond donors (Lipinski definition) is 2. The molecule has 104 valence electrons. The summed E-state index contributed by atoms with van der Waals surface area (Å²) in [5, 5.41) is 5.65. The van der Waals surface area contributed by atoms with Gasteiger partial charge in [-0.1, -0.05) is 23.2 Å². The highest BCUT2D eigenvalue weighted by atomic mass is 35.5. The lowest BCUT2D eigenvalue weighted by Gasteiger charge is -2.10. The second-order valence-corrected chi connectivity index (χ2v) is 4.88. The van der Waals surface area contributed by atoms with Gasteiger partial charge >= 0.3 is 6.03 Å². The van der Waals surface area contributed by atoms with E-state index in [0.29, 0.717) is 11.4 Å². The van der Waals surface area contributed by atoms with Gasteiger partial charge in [-0.15, -0.1) is 0 Å². The smallest absolute Gasteiger partial charge is 0.305 e. The van der Waals surface area contributed by atoms with Crippen LogP contribution in [0.25, 0.3) is 0 Å². The molecule has 2 N–H and O–H groups in total. The van der Waals surface area contributed by atoms with Crippen molar-refractivity contribution < 1.29 is 4.79 Å². The summed E-state index contributed by atoms with van der Waals surface area (Å²) in [4.78, 5) is 20.0. The topological polar surface area (TPSA) is 66.9 Å². The first-order valence-corrected chi connectivity index (χ1v) is 6.55. The maximum Gasteiger partial charge on any atom is 0.323 e. The maximum absolute atomic E-state index is 11.9. The molecule has 5 nitrogen and oxygen atoms in total. The molecule has 0 unspecified atom stereocenters. The predicted molar refractivity (Wildman–Crippen MR) is 80.6 cm³/mol. The van der Waals surface area contributed by atoms with Crippen LogP contribution in [0.2, 0.25) is 10.3 Å². The Morgan fingerprint density at radius 3 is 1.65 bits per heavy atom. The SMILES string of the molecule is Cc1ccc(NC(=O)Nc2ccc(C)nc2Cl)c(Cl)n1. The largest absolute Gasteiger partial charge is 0.323 e. The standard InChI is InChI=1S/C13H12Cl2N4O/c1-7-3-5-9(11(14)16-7)18-13(20)19-10-6-4-8(2)17-12(10)15/h3-6H,1-2H3,(H2,18,19,20). The van der Waals surface area contributed by atoms with Crippen LogP contribution in [0.15, 0.2) is 24.3 Å². The Hall–Kier alpha value is -1.85. The molecule has 2 aromatic rings. The minimum atomic E-state index is -0.467. The number of nitrogens with one attached hydrogen (secondary N) is 2. The zero-order valence-electron chi connectivity index (χ0n) is 10.9. The molecule has 0 bridgehead atoms. The third kappa shape index (κ3) is 3.59. The van der Waals surface area contributed by atoms with Gasteiger partial charge in [0.15, 0.2) is 10.3 Å². The maximum atomic E-state index is 11.9. The van der Waals surface area contributed by atoms with Gasteiger partial charge in [-0.2, -0.15) is 0 Å². The van der Waals surface area contributed by atoms with Gasteiger partial charge in [0, 0.05) is 11.4 Å². The molecular weight excluding hydrogens is 299 g/mol. The number of pyridine rings is 2. The number of amides is 2. The van der Waals surface area contributed by atoms with E-state index in [0.717, 1.165) is 11.4 Å². The first-order chi connectivity index (χ1) is 9.45. The summed E-state index contributed by atoms with van der Waals surface area (Å²) in [5.41, 5.74) is 2.38. The van der Waals surface area contributed by atoms with Gasteiger partial charge in [0.25, 0.3) is 0 Å². The van der Waals surface area contributed by atoms with Crippen molar-refractivity contribution in [3.63, 3.8) is 0 Å². The number of aromatic nitrogens is 2. The van der Waals surface area contributed by atoms with Crippen molar-refractivity contribution in [1.29, 1.82) is 0 Å². The van der Waals surface area contributed by atoms with Gasteiger partial charge in [0.2, 0.25) is 0 Å². The molecule has 0 fully saturated rings. The van der Waals surface area contributed by atoms with Crippen LogP contribution in [0, 0.1) is 13.8 Å². The molecule has 0 atom stereocenters. The van der Waals surface area contributed by atoms with Crippen molar-refractivity contribution in [2.45, 2.75) is 13.8 Å². The fraction of sp³-hybridized carbons (Fsp3) is 0.154. The zero-order chi connectivity index (χ0) is 14.7. The molecule has 0 aliphatic rings. The van der Waals surface area contributed by atoms with Crippen LogP contribution in [0.4, 0.5) is 16.2 Å². The summed E-state index contributed by atoms with van der Waals surface area (Å²) in [7, 11) is 0. The molecule has 0 spiro atoms. The fourth-order valence-electron chi connectivity index (χ4n) is 1.51. The molecule has 0 saturated carbocycles. The average Bonchev–Trinajstić information content (AvgIpc) is 2.36. The molecule has 0 aromatic carbocycles. The van der Waals surface area contributed by atoms with Gasteiger partial charge in [-0.25, -0.2) is 14.8 Å². The first kappa shape index (κ1) is 14.6. The van der Waals surface area contributed by atoms with E-state index in [1.807, 2.05) is 13.8 Å². The van der Waals surface area contributed by atoms with Crippen molar-refractivity contribution in [3.8, 4) is 0 Å². The number of halogens is 2. The van der Waals surface area contributed by atoms with Gasteiger partial charge in [0.05, 0.1) is 11.4 Å². The van der Waals surface area contributed by atoms with Crippen LogP contribution in [0.3, 0.4) is 0 Å². The summed E-state index contributed by atoms with van der Waals surface area (Å²) in [6, 6.07) is 6.40. The molecule has 2 amide bonds. The fourth-order valence-corrected chi connectivity index (χ4v) is 2.00. The van der Waals surface area contributed by atoms with Crippen molar-refractivity contribution in [2.24, 2.45) is 0 Å². The van der Waals surface area contributed by atoms with Crippen molar-refractivity contribution in [3.05, 3.63) is 46.0 Å². The molecular formula is C13H12Cl2N4O. The number of carbonyl (C=O) groups excluding carboxylic acids is 1. The van der Waals surface area contributed by atoms with Crippen LogP contribution in [-0.2, 0) is 0 Å². The number of aryl methyl sites for hydroxylation is 2. The number of anilines is 2. The summed E-state index contributed by atoms with van der Waals surface area (Å²) in [6.45, 7) is 3.63. The molecule has 0 aliphatic carbocycles. The Morgan fingerprint density at radius 1 is 0.900 bits per heavy atom. The summed E-state index contributed by atoms with van der Waals surface area (Å²) in [5.74, 6) is 0. The molecule has 2 heterocycles. The lowest BCUT2D eigenvalue weighted by Crippen LogP contribution is -2.20. The van der Waals surface area contributed by atoms with Gasteiger partial charge in [0.1, 0.15) is 0 Å². The van der Waals surface area contributed by atoms with E-state index in [-0.39, 0.29) is 10.3 Å². The molecule has 0 radical (unpaired) electrons. The van der Waals surface area contributed by atoms with Gasteiger partial charge < -0.3 is 10.6 Å². The Kier molecular flexibility index (Phi) is 4.42. The minimum absolute atomic E-state index is 0.230. The third-order valence-electron chi connectivity index (χ3n) is 2.47. The quantitative estimate of drug-likeness (QED) is 0.822. The highest BCUT2D eigenvalue weighted by Crippen LogP contribution is 2.22. The van der Waals surface area contributed by atoms with Crippen molar-refractivity contribution >= 4 is 40.6 Å². The number of nitrogens with zero attached hydrogens (tertiary/aromatic N) is 2. The lowest BCUT2D eigenvalue weighted by molar-refractivity contribution is 0.262. The zero-order valence-corrected chi connectivity index (χ0v) is 12.4. The molecule has 0 aliphatic heterocycles. The Labute approximate surface area is 126 Å². The third-order valence-corrected chi connectivity index (χ3v) is 3.05. The average molecular weight is 311 g/mol. The predicted octanol–water partition coefficient (Wildman–Crippen LogP) is 4.04. The second-order valence-electron chi connectivity index (χ2n) is 4.16. The van der Waals surface area contributed by atoms with E-state index in [9.17, 15) is 4.79 Å². The van der Waals surface area contributed by atoms with Crippen LogP contribution in [0.5, 0.6) is 0 Å². The van der Waals surface area contributed by atoms with Gasteiger partial charge in [-0.05, 0) is 38.1 Å². The molecule has 2 aromatic heterocycles. The van der Waals surface area contributed by atoms with E-state index in [4.69, 9.17) is 23.2 Å². The number of urea groups is 1. The summed E-state index contributed by atoms with van der Waals surface area (Å²) in [6.07, 6.45) is 0. The van der Waals surface area contributed by atoms with Crippen LogP contribution in [0.1, 0.15) is 11.4 Å². The van der Waals surface area contributed by atoms with Gasteiger partial charge in [-0.3, -0.25) is 0 Å². The molecule has 20 heavy (non-hydrogen) atoms. The number of rotatable bonds is 2. The minimum Gasteiger partial charge on any atom is -0.305 e. The van der Waals surface area contributed by atoms with Crippen molar-refractivity contribution in [2.75, 3.05) is 10.6 Å². The van der Waals surface area contributed by atoms with E-state index in [1.165, 1.54) is 0 Å². The lowest BCUT2D eigenvalue weighted by atomic mass is 10.3. The molecule has 7 heteroatoms. The number of carbonyl (C=O) groups is 1. The van der Waals surface area contributed by atoms with E-state index in [2.05, 4.69) is 20.6 Å². The first-order valence-electron chi connectivity index (χ1n) is 5.80. The van der Waals surface area contributed by atoms with E-state index in [1.54, 1.807) is 24.3 Å². The molecule has 2 rings (SSSR count). The van der Waals surface area contributed by atoms with Crippen LogP contribution in [-0.4, -0.2) is 16.0 Å². The Balaban J connectivity index is 2.09.